The fourth-order valence-corrected chi connectivity index (χ4v) is 6.49. The fraction of sp³-hybridized carbons (Fsp3) is 0.690. The molecule has 2 fully saturated rings. The molecule has 3 heterocycles. The Morgan fingerprint density at radius 3 is 2.61 bits per heavy atom. The minimum absolute atomic E-state index is 0.112. The molecule has 4 rings (SSSR count). The van der Waals surface area contributed by atoms with Crippen LogP contribution in [0, 0.1) is 34.6 Å². The molecule has 0 aromatic carbocycles. The van der Waals surface area contributed by atoms with Crippen LogP contribution in [0.25, 0.3) is 0 Å². The number of carbonyl (C=O) groups excluding carboxylic acids is 2. The van der Waals surface area contributed by atoms with Crippen LogP contribution in [0.1, 0.15) is 78.3 Å². The summed E-state index contributed by atoms with van der Waals surface area (Å²) in [5, 5.41) is 12.1. The molecular weight excluding hydrogens is 480 g/mol. The van der Waals surface area contributed by atoms with E-state index in [1.54, 1.807) is 0 Å². The van der Waals surface area contributed by atoms with Gasteiger partial charge in [-0.25, -0.2) is 15.3 Å². The number of hydrogen-bond donors (Lipinski definition) is 1. The Labute approximate surface area is 226 Å². The number of aliphatic imine (C=N–C) groups is 1. The van der Waals surface area contributed by atoms with Crippen LogP contribution in [-0.4, -0.2) is 52.4 Å². The van der Waals surface area contributed by atoms with Gasteiger partial charge in [-0.3, -0.25) is 4.79 Å². The van der Waals surface area contributed by atoms with Gasteiger partial charge in [-0.05, 0) is 88.2 Å². The van der Waals surface area contributed by atoms with E-state index < -0.39 is 0 Å². The summed E-state index contributed by atoms with van der Waals surface area (Å²) in [5.74, 6) is 2.34. The van der Waals surface area contributed by atoms with Crippen molar-refractivity contribution in [2.24, 2.45) is 39.2 Å². The number of amides is 1. The first-order valence-electron chi connectivity index (χ1n) is 14.2. The Kier molecular flexibility index (Phi) is 9.05. The molecule has 2 aliphatic heterocycles. The highest BCUT2D eigenvalue weighted by Crippen LogP contribution is 2.51. The summed E-state index contributed by atoms with van der Waals surface area (Å²) in [6, 6.07) is 4.03. The van der Waals surface area contributed by atoms with E-state index in [0.717, 1.165) is 62.8 Å². The summed E-state index contributed by atoms with van der Waals surface area (Å²) in [6.45, 7) is 9.51. The molecule has 1 aliphatic carbocycles. The number of carbonyl (C=O) groups is 2. The molecule has 1 saturated heterocycles. The van der Waals surface area contributed by atoms with Gasteiger partial charge in [-0.1, -0.05) is 20.8 Å². The van der Waals surface area contributed by atoms with Crippen molar-refractivity contribution in [2.75, 3.05) is 13.2 Å². The molecule has 4 unspecified atom stereocenters. The van der Waals surface area contributed by atoms with Crippen LogP contribution in [-0.2, 0) is 20.7 Å². The lowest BCUT2D eigenvalue weighted by Crippen LogP contribution is -2.39. The number of likely N-dealkylation sites (tertiary alicyclic amines) is 1. The lowest BCUT2D eigenvalue weighted by molar-refractivity contribution is -0.138. The van der Waals surface area contributed by atoms with Crippen molar-refractivity contribution >= 4 is 23.9 Å². The van der Waals surface area contributed by atoms with Crippen LogP contribution >= 0.6 is 0 Å². The molecule has 38 heavy (non-hydrogen) atoms. The van der Waals surface area contributed by atoms with E-state index in [1.165, 1.54) is 6.08 Å². The highest BCUT2D eigenvalue weighted by Gasteiger charge is 2.53. The third kappa shape index (κ3) is 6.18. The zero-order valence-corrected chi connectivity index (χ0v) is 23.2. The molecular formula is C29H42N6O3. The Morgan fingerprint density at radius 2 is 2.00 bits per heavy atom. The van der Waals surface area contributed by atoms with Gasteiger partial charge in [-0.2, -0.15) is 10.2 Å². The first-order valence-corrected chi connectivity index (χ1v) is 14.2. The molecule has 206 valence electrons. The molecule has 1 spiro atoms. The fourth-order valence-electron chi connectivity index (χ4n) is 6.49. The van der Waals surface area contributed by atoms with E-state index >= 15 is 0 Å². The predicted octanol–water partition coefficient (Wildman–Crippen LogP) is 5.68. The quantitative estimate of drug-likeness (QED) is 0.228. The third-order valence-corrected chi connectivity index (χ3v) is 9.21. The molecule has 1 aromatic heterocycles. The Balaban J connectivity index is 1.26. The minimum atomic E-state index is -0.346. The van der Waals surface area contributed by atoms with E-state index in [1.807, 2.05) is 23.2 Å². The van der Waals surface area contributed by atoms with Gasteiger partial charge in [0.25, 0.3) is 0 Å². The minimum Gasteiger partial charge on any atom is -0.456 e. The molecule has 3 aliphatic rings. The zero-order chi connectivity index (χ0) is 27.3. The second-order valence-corrected chi connectivity index (χ2v) is 11.6. The van der Waals surface area contributed by atoms with E-state index in [4.69, 9.17) is 10.3 Å². The Morgan fingerprint density at radius 1 is 1.24 bits per heavy atom. The maximum absolute atomic E-state index is 13.5. The summed E-state index contributed by atoms with van der Waals surface area (Å²) < 4.78 is 5.07. The van der Waals surface area contributed by atoms with Gasteiger partial charge in [0, 0.05) is 24.3 Å². The molecule has 0 radical (unpaired) electrons. The zero-order valence-electron chi connectivity index (χ0n) is 23.2. The Bertz CT molecular complexity index is 1060. The van der Waals surface area contributed by atoms with Crippen molar-refractivity contribution in [3.63, 3.8) is 0 Å². The van der Waals surface area contributed by atoms with Gasteiger partial charge in [0.1, 0.15) is 6.61 Å². The molecule has 4 atom stereocenters. The summed E-state index contributed by atoms with van der Waals surface area (Å²) in [7, 11) is 0. The number of rotatable bonds is 11. The maximum atomic E-state index is 13.5. The molecule has 1 N–H and O–H groups in total. The average Bonchev–Trinajstić information content (AvgIpc) is 3.45. The van der Waals surface area contributed by atoms with Gasteiger partial charge in [0.05, 0.1) is 23.4 Å². The molecule has 0 bridgehead atoms. The Hall–Kier alpha value is -2.97. The molecule has 9 heteroatoms. The number of hydrogen-bond acceptors (Lipinski definition) is 8. The lowest BCUT2D eigenvalue weighted by atomic mass is 9.64. The number of nitrogens with zero attached hydrogens (tertiary/aromatic N) is 5. The summed E-state index contributed by atoms with van der Waals surface area (Å²) in [4.78, 5) is 31.3. The first-order chi connectivity index (χ1) is 18.3. The van der Waals surface area contributed by atoms with Gasteiger partial charge in [0.2, 0.25) is 5.91 Å². The molecule has 1 aromatic rings. The first kappa shape index (κ1) is 28.0. The van der Waals surface area contributed by atoms with Crippen LogP contribution in [0.2, 0.25) is 0 Å². The van der Waals surface area contributed by atoms with Crippen molar-refractivity contribution in [2.45, 2.75) is 85.1 Å². The number of esters is 1. The number of cyclic esters (lactones) is 1. The van der Waals surface area contributed by atoms with Crippen LogP contribution in [0.5, 0.6) is 0 Å². The summed E-state index contributed by atoms with van der Waals surface area (Å²) in [5.41, 5.74) is 8.45. The predicted molar refractivity (Wildman–Crippen MR) is 145 cm³/mol. The second-order valence-electron chi connectivity index (χ2n) is 11.6. The SMILES string of the molecule is CCC(C=Nc1ccc(CCC(C)C(C)C2CCC3(CC2)CC(C)N(C2=CC(=O)OC2)C3=O)nn1)CN=N. The van der Waals surface area contributed by atoms with Crippen molar-refractivity contribution in [1.82, 2.24) is 15.1 Å². The van der Waals surface area contributed by atoms with E-state index in [0.29, 0.717) is 30.1 Å². The van der Waals surface area contributed by atoms with Crippen LogP contribution in [0.4, 0.5) is 5.82 Å². The van der Waals surface area contributed by atoms with Crippen molar-refractivity contribution < 1.29 is 14.3 Å². The third-order valence-electron chi connectivity index (χ3n) is 9.21. The molecule has 9 nitrogen and oxygen atoms in total. The van der Waals surface area contributed by atoms with Gasteiger partial charge >= 0.3 is 5.97 Å². The summed E-state index contributed by atoms with van der Waals surface area (Å²) >= 11 is 0. The van der Waals surface area contributed by atoms with Crippen molar-refractivity contribution in [3.05, 3.63) is 29.6 Å². The maximum Gasteiger partial charge on any atom is 0.333 e. The molecule has 1 amide bonds. The smallest absolute Gasteiger partial charge is 0.333 e. The normalized spacial score (nSPS) is 28.0. The highest BCUT2D eigenvalue weighted by molar-refractivity contribution is 5.91. The number of aryl methyl sites for hydroxylation is 1. The van der Waals surface area contributed by atoms with Crippen molar-refractivity contribution in [1.29, 1.82) is 5.53 Å². The van der Waals surface area contributed by atoms with E-state index in [9.17, 15) is 9.59 Å². The average molecular weight is 523 g/mol. The number of ether oxygens (including phenoxy) is 1. The van der Waals surface area contributed by atoms with Gasteiger partial charge < -0.3 is 9.64 Å². The van der Waals surface area contributed by atoms with Crippen molar-refractivity contribution in [3.8, 4) is 0 Å². The van der Waals surface area contributed by atoms with Crippen LogP contribution in [0.3, 0.4) is 0 Å². The summed E-state index contributed by atoms with van der Waals surface area (Å²) in [6.07, 6.45) is 11.0. The molecule has 1 saturated carbocycles. The standard InChI is InChI=1S/C29H42N6O3/c1-5-22(17-32-30)16-31-26-9-8-24(33-34-26)7-6-19(2)21(4)23-10-12-29(13-11-23)15-20(3)35(28(29)37)25-14-27(36)38-18-25/h8-9,14,16,19-23,30H,5-7,10-13,15,17-18H2,1-4H3. The van der Waals surface area contributed by atoms with Gasteiger partial charge in [-0.15, -0.1) is 5.10 Å². The van der Waals surface area contributed by atoms with E-state index in [-0.39, 0.29) is 35.9 Å². The van der Waals surface area contributed by atoms with Crippen LogP contribution < -0.4 is 0 Å². The monoisotopic (exact) mass is 522 g/mol. The van der Waals surface area contributed by atoms with E-state index in [2.05, 4.69) is 48.0 Å². The van der Waals surface area contributed by atoms with Crippen LogP contribution in [0.15, 0.2) is 34.0 Å². The number of nitrogens with one attached hydrogen (secondary N) is 1. The topological polar surface area (TPSA) is 121 Å². The highest BCUT2D eigenvalue weighted by atomic mass is 16.5. The lowest BCUT2D eigenvalue weighted by Gasteiger charge is -2.39. The largest absolute Gasteiger partial charge is 0.456 e. The second kappa shape index (κ2) is 12.3. The number of aromatic nitrogens is 2. The van der Waals surface area contributed by atoms with Gasteiger partial charge in [0.15, 0.2) is 5.82 Å².